The average Bonchev–Trinajstić information content (AvgIpc) is 2.67. The molecule has 0 aromatic rings. The standard InChI is InChI=1S/C22H46O4S2/c1-4-7-8-9-10-11-12-13-14-15-16-17-18-19-20-21-22(27(23,24)5-2)28(25,26)6-3/h22H,4-21H2,1-3H3. The predicted molar refractivity (Wildman–Crippen MR) is 122 cm³/mol. The van der Waals surface area contributed by atoms with E-state index in [1.807, 2.05) is 0 Å². The first kappa shape index (κ1) is 27.9. The summed E-state index contributed by atoms with van der Waals surface area (Å²) >= 11 is 0. The van der Waals surface area contributed by atoms with Gasteiger partial charge in [-0.3, -0.25) is 0 Å². The number of rotatable bonds is 20. The van der Waals surface area contributed by atoms with Crippen LogP contribution in [0.5, 0.6) is 0 Å². The van der Waals surface area contributed by atoms with Crippen molar-refractivity contribution in [3.63, 3.8) is 0 Å². The van der Waals surface area contributed by atoms with Gasteiger partial charge in [-0.2, -0.15) is 0 Å². The summed E-state index contributed by atoms with van der Waals surface area (Å²) < 4.78 is 47.2. The van der Waals surface area contributed by atoms with Crippen LogP contribution in [0.2, 0.25) is 0 Å². The van der Waals surface area contributed by atoms with Gasteiger partial charge in [0.05, 0.1) is 0 Å². The molecular formula is C22H46O4S2. The predicted octanol–water partition coefficient (Wildman–Crippen LogP) is 6.44. The molecule has 28 heavy (non-hydrogen) atoms. The molecule has 0 bridgehead atoms. The Morgan fingerprint density at radius 2 is 0.750 bits per heavy atom. The van der Waals surface area contributed by atoms with Crippen molar-refractivity contribution in [1.82, 2.24) is 0 Å². The lowest BCUT2D eigenvalue weighted by Gasteiger charge is -2.16. The van der Waals surface area contributed by atoms with E-state index in [4.69, 9.17) is 0 Å². The van der Waals surface area contributed by atoms with E-state index in [9.17, 15) is 16.8 Å². The molecular weight excluding hydrogens is 392 g/mol. The summed E-state index contributed by atoms with van der Waals surface area (Å²) in [4.78, 5) is 0. The summed E-state index contributed by atoms with van der Waals surface area (Å²) in [6, 6.07) is 0. The van der Waals surface area contributed by atoms with Crippen LogP contribution < -0.4 is 0 Å². The molecule has 0 saturated carbocycles. The lowest BCUT2D eigenvalue weighted by molar-refractivity contribution is 0.527. The second-order valence-electron chi connectivity index (χ2n) is 8.07. The van der Waals surface area contributed by atoms with Crippen LogP contribution in [0, 0.1) is 0 Å². The molecule has 0 spiro atoms. The third-order valence-corrected chi connectivity index (χ3v) is 11.1. The molecule has 0 rings (SSSR count). The lowest BCUT2D eigenvalue weighted by atomic mass is 10.0. The molecule has 0 radical (unpaired) electrons. The highest BCUT2D eigenvalue weighted by molar-refractivity contribution is 8.09. The van der Waals surface area contributed by atoms with Crippen LogP contribution in [0.15, 0.2) is 0 Å². The maximum Gasteiger partial charge on any atom is 0.167 e. The van der Waals surface area contributed by atoms with Crippen LogP contribution in [0.25, 0.3) is 0 Å². The van der Waals surface area contributed by atoms with Crippen molar-refractivity contribution in [2.24, 2.45) is 0 Å². The molecule has 0 amide bonds. The molecule has 0 aromatic heterocycles. The zero-order valence-corrected chi connectivity index (χ0v) is 20.4. The molecule has 0 atom stereocenters. The maximum atomic E-state index is 12.1. The van der Waals surface area contributed by atoms with Crippen molar-refractivity contribution in [3.05, 3.63) is 0 Å². The van der Waals surface area contributed by atoms with Crippen LogP contribution >= 0.6 is 0 Å². The van der Waals surface area contributed by atoms with Gasteiger partial charge in [-0.1, -0.05) is 117 Å². The molecule has 0 aliphatic heterocycles. The molecule has 0 heterocycles. The highest BCUT2D eigenvalue weighted by Gasteiger charge is 2.34. The Morgan fingerprint density at radius 1 is 0.464 bits per heavy atom. The summed E-state index contributed by atoms with van der Waals surface area (Å²) in [5.41, 5.74) is 0. The first-order valence-electron chi connectivity index (χ1n) is 11.7. The fourth-order valence-corrected chi connectivity index (χ4v) is 8.04. The smallest absolute Gasteiger partial charge is 0.167 e. The third kappa shape index (κ3) is 13.2. The Kier molecular flexibility index (Phi) is 16.6. The van der Waals surface area contributed by atoms with Crippen molar-refractivity contribution >= 4 is 19.7 Å². The first-order valence-corrected chi connectivity index (χ1v) is 15.2. The largest absolute Gasteiger partial charge is 0.228 e. The molecule has 0 aliphatic rings. The molecule has 0 unspecified atom stereocenters. The van der Waals surface area contributed by atoms with E-state index in [1.165, 1.54) is 90.9 Å². The minimum atomic E-state index is -3.54. The fourth-order valence-electron chi connectivity index (χ4n) is 3.64. The van der Waals surface area contributed by atoms with Crippen LogP contribution in [-0.2, 0) is 19.7 Å². The van der Waals surface area contributed by atoms with Gasteiger partial charge in [-0.15, -0.1) is 0 Å². The van der Waals surface area contributed by atoms with Gasteiger partial charge in [0.1, 0.15) is 0 Å². The molecule has 0 aromatic carbocycles. The number of sulfone groups is 2. The highest BCUT2D eigenvalue weighted by Crippen LogP contribution is 2.20. The summed E-state index contributed by atoms with van der Waals surface area (Å²) in [5.74, 6) is -0.203. The Hall–Kier alpha value is -0.100. The second kappa shape index (κ2) is 16.7. The van der Waals surface area contributed by atoms with Gasteiger partial charge in [0.15, 0.2) is 24.3 Å². The van der Waals surface area contributed by atoms with Crippen LogP contribution in [-0.4, -0.2) is 32.9 Å². The molecule has 170 valence electrons. The van der Waals surface area contributed by atoms with Crippen LogP contribution in [0.3, 0.4) is 0 Å². The summed E-state index contributed by atoms with van der Waals surface area (Å²) in [6.07, 6.45) is 18.9. The zero-order valence-electron chi connectivity index (χ0n) is 18.8. The Bertz CT molecular complexity index is 519. The van der Waals surface area contributed by atoms with Gasteiger partial charge in [0.25, 0.3) is 0 Å². The fraction of sp³-hybridized carbons (Fsp3) is 1.00. The zero-order chi connectivity index (χ0) is 21.3. The van der Waals surface area contributed by atoms with Crippen molar-refractivity contribution in [2.45, 2.75) is 128 Å². The normalized spacial score (nSPS) is 12.7. The van der Waals surface area contributed by atoms with E-state index in [-0.39, 0.29) is 17.9 Å². The van der Waals surface area contributed by atoms with Crippen molar-refractivity contribution < 1.29 is 16.8 Å². The Morgan fingerprint density at radius 3 is 1.04 bits per heavy atom. The second-order valence-corrected chi connectivity index (χ2v) is 13.3. The maximum absolute atomic E-state index is 12.1. The van der Waals surface area contributed by atoms with Crippen molar-refractivity contribution in [3.8, 4) is 0 Å². The van der Waals surface area contributed by atoms with Crippen LogP contribution in [0.4, 0.5) is 0 Å². The molecule has 0 saturated heterocycles. The van der Waals surface area contributed by atoms with E-state index in [1.54, 1.807) is 0 Å². The van der Waals surface area contributed by atoms with E-state index < -0.39 is 24.3 Å². The number of hydrogen-bond donors (Lipinski definition) is 0. The minimum Gasteiger partial charge on any atom is -0.228 e. The van der Waals surface area contributed by atoms with E-state index >= 15 is 0 Å². The topological polar surface area (TPSA) is 68.3 Å². The Labute approximate surface area is 176 Å². The SMILES string of the molecule is CCCCCCCCCCCCCCCCCC(S(=O)(=O)CC)S(=O)(=O)CC. The van der Waals surface area contributed by atoms with E-state index in [0.717, 1.165) is 12.8 Å². The van der Waals surface area contributed by atoms with Crippen molar-refractivity contribution in [2.75, 3.05) is 11.5 Å². The minimum absolute atomic E-state index is 0.102. The van der Waals surface area contributed by atoms with E-state index in [0.29, 0.717) is 6.42 Å². The summed E-state index contributed by atoms with van der Waals surface area (Å²) in [6.45, 7) is 5.31. The van der Waals surface area contributed by atoms with Gasteiger partial charge in [-0.05, 0) is 6.42 Å². The van der Waals surface area contributed by atoms with Gasteiger partial charge >= 0.3 is 0 Å². The van der Waals surface area contributed by atoms with Gasteiger partial charge < -0.3 is 0 Å². The van der Waals surface area contributed by atoms with Gasteiger partial charge in [0, 0.05) is 11.5 Å². The molecule has 6 heteroatoms. The quantitative estimate of drug-likeness (QED) is 0.205. The van der Waals surface area contributed by atoms with Gasteiger partial charge in [0.2, 0.25) is 0 Å². The molecule has 4 nitrogen and oxygen atoms in total. The monoisotopic (exact) mass is 438 g/mol. The van der Waals surface area contributed by atoms with Crippen molar-refractivity contribution in [1.29, 1.82) is 0 Å². The highest BCUT2D eigenvalue weighted by atomic mass is 32.3. The number of unbranched alkanes of at least 4 members (excludes halogenated alkanes) is 14. The van der Waals surface area contributed by atoms with E-state index in [2.05, 4.69) is 6.92 Å². The number of hydrogen-bond acceptors (Lipinski definition) is 4. The Balaban J connectivity index is 3.70. The molecule has 0 N–H and O–H groups in total. The lowest BCUT2D eigenvalue weighted by Crippen LogP contribution is -2.33. The van der Waals surface area contributed by atoms with Crippen LogP contribution in [0.1, 0.15) is 124 Å². The average molecular weight is 439 g/mol. The third-order valence-electron chi connectivity index (χ3n) is 5.65. The molecule has 0 aliphatic carbocycles. The summed E-state index contributed by atoms with van der Waals surface area (Å²) in [5, 5.41) is 0. The van der Waals surface area contributed by atoms with Gasteiger partial charge in [-0.25, -0.2) is 16.8 Å². The first-order chi connectivity index (χ1) is 13.3. The summed E-state index contributed by atoms with van der Waals surface area (Å²) in [7, 11) is -7.07. The molecule has 0 fully saturated rings.